The fraction of sp³-hybridized carbons (Fsp3) is 0.105. The molecular weight excluding hydrogens is 439 g/mol. The fourth-order valence-electron chi connectivity index (χ4n) is 2.62. The predicted octanol–water partition coefficient (Wildman–Crippen LogP) is 5.72. The summed E-state index contributed by atoms with van der Waals surface area (Å²) in [6, 6.07) is 12.6. The summed E-state index contributed by atoms with van der Waals surface area (Å²) in [7, 11) is -3.96. The Kier molecular flexibility index (Phi) is 6.00. The number of rotatable bonds is 5. The number of nitrogens with one attached hydrogen (secondary N) is 2. The minimum absolute atomic E-state index is 0.0327. The zero-order valence-corrected chi connectivity index (χ0v) is 18.1. The molecule has 28 heavy (non-hydrogen) atoms. The van der Waals surface area contributed by atoms with E-state index in [0.29, 0.717) is 16.9 Å². The molecule has 0 atom stereocenters. The van der Waals surface area contributed by atoms with Gasteiger partial charge in [-0.15, -0.1) is 11.3 Å². The van der Waals surface area contributed by atoms with E-state index in [1.54, 1.807) is 41.7 Å². The van der Waals surface area contributed by atoms with E-state index in [1.165, 1.54) is 12.1 Å². The van der Waals surface area contributed by atoms with Gasteiger partial charge in [-0.3, -0.25) is 9.52 Å². The Balaban J connectivity index is 1.76. The number of carbonyl (C=O) groups is 1. The van der Waals surface area contributed by atoms with Crippen molar-refractivity contribution in [3.8, 4) is 0 Å². The normalized spacial score (nSPS) is 11.3. The maximum Gasteiger partial charge on any atom is 0.264 e. The maximum atomic E-state index is 12.6. The highest BCUT2D eigenvalue weighted by Gasteiger charge is 2.21. The van der Waals surface area contributed by atoms with Gasteiger partial charge in [0.1, 0.15) is 4.90 Å². The molecule has 0 saturated carbocycles. The molecule has 3 aromatic rings. The lowest BCUT2D eigenvalue weighted by molar-refractivity contribution is 0.102. The van der Waals surface area contributed by atoms with Crippen LogP contribution in [0.1, 0.15) is 20.1 Å². The molecule has 0 fully saturated rings. The average molecular weight is 455 g/mol. The second kappa shape index (κ2) is 8.13. The summed E-state index contributed by atoms with van der Waals surface area (Å²) in [6.07, 6.45) is 0. The third-order valence-electron chi connectivity index (χ3n) is 3.87. The number of benzene rings is 2. The minimum Gasteiger partial charge on any atom is -0.322 e. The van der Waals surface area contributed by atoms with E-state index < -0.39 is 10.0 Å². The van der Waals surface area contributed by atoms with E-state index in [9.17, 15) is 13.2 Å². The fourth-order valence-corrected chi connectivity index (χ4v) is 5.75. The van der Waals surface area contributed by atoms with Crippen molar-refractivity contribution in [3.63, 3.8) is 0 Å². The van der Waals surface area contributed by atoms with Crippen molar-refractivity contribution in [1.29, 1.82) is 0 Å². The number of aryl methyl sites for hydroxylation is 2. The maximum absolute atomic E-state index is 12.6. The minimum atomic E-state index is -3.96. The molecule has 146 valence electrons. The Morgan fingerprint density at radius 2 is 1.54 bits per heavy atom. The van der Waals surface area contributed by atoms with Gasteiger partial charge < -0.3 is 5.32 Å². The number of hydrogen-bond acceptors (Lipinski definition) is 4. The Labute approximate surface area is 177 Å². The van der Waals surface area contributed by atoms with Crippen LogP contribution in [0, 0.1) is 13.8 Å². The molecule has 2 aromatic carbocycles. The van der Waals surface area contributed by atoms with Crippen LogP contribution >= 0.6 is 34.5 Å². The third-order valence-corrected chi connectivity index (χ3v) is 7.17. The van der Waals surface area contributed by atoms with E-state index >= 15 is 0 Å². The highest BCUT2D eigenvalue weighted by Crippen LogP contribution is 2.30. The quantitative estimate of drug-likeness (QED) is 0.516. The van der Waals surface area contributed by atoms with Crippen molar-refractivity contribution >= 4 is 61.8 Å². The highest BCUT2D eigenvalue weighted by molar-refractivity contribution is 7.93. The van der Waals surface area contributed by atoms with Gasteiger partial charge in [-0.25, -0.2) is 8.42 Å². The largest absolute Gasteiger partial charge is 0.322 e. The molecule has 9 heteroatoms. The van der Waals surface area contributed by atoms with Gasteiger partial charge >= 0.3 is 0 Å². The first-order valence-electron chi connectivity index (χ1n) is 8.12. The van der Waals surface area contributed by atoms with Crippen LogP contribution in [0.25, 0.3) is 0 Å². The summed E-state index contributed by atoms with van der Waals surface area (Å²) in [5, 5.41) is 2.87. The first kappa shape index (κ1) is 20.7. The lowest BCUT2D eigenvalue weighted by Crippen LogP contribution is -2.14. The van der Waals surface area contributed by atoms with Gasteiger partial charge in [-0.05, 0) is 56.3 Å². The zero-order valence-electron chi connectivity index (χ0n) is 14.9. The lowest BCUT2D eigenvalue weighted by atomic mass is 10.2. The molecule has 5 nitrogen and oxygen atoms in total. The summed E-state index contributed by atoms with van der Waals surface area (Å²) < 4.78 is 27.6. The SMILES string of the molecule is Cc1cc(C(=O)Nc2ccc(NS(=O)(=O)c3c(Cl)cccc3Cl)cc2)c(C)s1. The summed E-state index contributed by atoms with van der Waals surface area (Å²) in [6.45, 7) is 3.84. The van der Waals surface area contributed by atoms with Gasteiger partial charge in [-0.2, -0.15) is 0 Å². The standard InChI is InChI=1S/C19H16Cl2N2O3S2/c1-11-10-15(12(2)27-11)19(24)22-13-6-8-14(9-7-13)23-28(25,26)18-16(20)4-3-5-17(18)21/h3-10,23H,1-2H3,(H,22,24). The zero-order chi connectivity index (χ0) is 20.5. The van der Waals surface area contributed by atoms with Gasteiger partial charge in [0.05, 0.1) is 15.6 Å². The number of amides is 1. The Bertz CT molecular complexity index is 1120. The van der Waals surface area contributed by atoms with Gasteiger partial charge in [0.2, 0.25) is 0 Å². The molecule has 3 rings (SSSR count). The van der Waals surface area contributed by atoms with Gasteiger partial charge in [0.15, 0.2) is 0 Å². The monoisotopic (exact) mass is 454 g/mol. The van der Waals surface area contributed by atoms with Crippen molar-refractivity contribution < 1.29 is 13.2 Å². The number of anilines is 2. The Hall–Kier alpha value is -2.06. The summed E-state index contributed by atoms with van der Waals surface area (Å²) >= 11 is 13.5. The van der Waals surface area contributed by atoms with Crippen LogP contribution in [-0.4, -0.2) is 14.3 Å². The molecule has 0 aliphatic carbocycles. The molecule has 0 aliphatic heterocycles. The number of carbonyl (C=O) groups excluding carboxylic acids is 1. The average Bonchev–Trinajstić information content (AvgIpc) is 2.94. The second-order valence-corrected chi connectivity index (χ2v) is 9.91. The molecule has 0 bridgehead atoms. The summed E-state index contributed by atoms with van der Waals surface area (Å²) in [5.74, 6) is -0.210. The first-order chi connectivity index (χ1) is 13.2. The molecular formula is C19H16Cl2N2O3S2. The Morgan fingerprint density at radius 3 is 2.07 bits per heavy atom. The topological polar surface area (TPSA) is 75.3 Å². The van der Waals surface area contributed by atoms with Crippen molar-refractivity contribution in [2.45, 2.75) is 18.7 Å². The van der Waals surface area contributed by atoms with Crippen molar-refractivity contribution in [1.82, 2.24) is 0 Å². The molecule has 1 heterocycles. The van der Waals surface area contributed by atoms with E-state index in [-0.39, 0.29) is 20.8 Å². The van der Waals surface area contributed by atoms with Gasteiger partial charge in [-0.1, -0.05) is 29.3 Å². The van der Waals surface area contributed by atoms with E-state index in [1.807, 2.05) is 19.9 Å². The summed E-state index contributed by atoms with van der Waals surface area (Å²) in [5.41, 5.74) is 1.49. The first-order valence-corrected chi connectivity index (χ1v) is 11.2. The van der Waals surface area contributed by atoms with Crippen LogP contribution in [0.4, 0.5) is 11.4 Å². The molecule has 0 saturated heterocycles. The summed E-state index contributed by atoms with van der Waals surface area (Å²) in [4.78, 5) is 14.2. The smallest absolute Gasteiger partial charge is 0.264 e. The third kappa shape index (κ3) is 4.50. The molecule has 1 aromatic heterocycles. The van der Waals surface area contributed by atoms with Crippen molar-refractivity contribution in [2.75, 3.05) is 10.0 Å². The van der Waals surface area contributed by atoms with E-state index in [0.717, 1.165) is 9.75 Å². The molecule has 0 unspecified atom stereocenters. The number of hydrogen-bond donors (Lipinski definition) is 2. The van der Waals surface area contributed by atoms with Crippen LogP contribution in [0.15, 0.2) is 53.4 Å². The van der Waals surface area contributed by atoms with Crippen LogP contribution < -0.4 is 10.0 Å². The van der Waals surface area contributed by atoms with Crippen molar-refractivity contribution in [2.24, 2.45) is 0 Å². The van der Waals surface area contributed by atoms with E-state index in [2.05, 4.69) is 10.0 Å². The molecule has 0 aliphatic rings. The molecule has 2 N–H and O–H groups in total. The van der Waals surface area contributed by atoms with Crippen LogP contribution in [0.3, 0.4) is 0 Å². The van der Waals surface area contributed by atoms with Crippen LogP contribution in [0.5, 0.6) is 0 Å². The molecule has 0 radical (unpaired) electrons. The molecule has 1 amide bonds. The van der Waals surface area contributed by atoms with E-state index in [4.69, 9.17) is 23.2 Å². The number of sulfonamides is 1. The van der Waals surface area contributed by atoms with Gasteiger partial charge in [0, 0.05) is 21.1 Å². The predicted molar refractivity (Wildman–Crippen MR) is 115 cm³/mol. The molecule has 0 spiro atoms. The highest BCUT2D eigenvalue weighted by atomic mass is 35.5. The number of thiophene rings is 1. The van der Waals surface area contributed by atoms with Crippen LogP contribution in [0.2, 0.25) is 10.0 Å². The second-order valence-electron chi connectivity index (χ2n) is 6.01. The van der Waals surface area contributed by atoms with Gasteiger partial charge in [0.25, 0.3) is 15.9 Å². The van der Waals surface area contributed by atoms with Crippen LogP contribution in [-0.2, 0) is 10.0 Å². The Morgan fingerprint density at radius 1 is 0.964 bits per heavy atom. The van der Waals surface area contributed by atoms with Crippen molar-refractivity contribution in [3.05, 3.63) is 73.9 Å². The lowest BCUT2D eigenvalue weighted by Gasteiger charge is -2.12. The number of halogens is 2.